The van der Waals surface area contributed by atoms with Gasteiger partial charge in [0.25, 0.3) is 0 Å². The first-order valence-electron chi connectivity index (χ1n) is 4.30. The number of rotatable bonds is 3. The van der Waals surface area contributed by atoms with E-state index in [9.17, 15) is 0 Å². The third kappa shape index (κ3) is 4.11. The van der Waals surface area contributed by atoms with Gasteiger partial charge in [-0.15, -0.1) is 11.3 Å². The Morgan fingerprint density at radius 1 is 1.54 bits per heavy atom. The second-order valence-corrected chi connectivity index (χ2v) is 6.35. The van der Waals surface area contributed by atoms with Crippen molar-refractivity contribution in [2.45, 2.75) is 38.5 Å². The normalized spacial score (nSPS) is 14.5. The van der Waals surface area contributed by atoms with Gasteiger partial charge < -0.3 is 0 Å². The van der Waals surface area contributed by atoms with E-state index in [1.165, 1.54) is 0 Å². The smallest absolute Gasteiger partial charge is 0.0795 e. The molecule has 0 saturated carbocycles. The molecule has 1 unspecified atom stereocenters. The van der Waals surface area contributed by atoms with Crippen LogP contribution in [-0.4, -0.2) is 9.73 Å². The summed E-state index contributed by atoms with van der Waals surface area (Å²) < 4.78 is 3.64. The molecule has 0 fully saturated rings. The maximum absolute atomic E-state index is 4.26. The fraction of sp³-hybridized carbons (Fsp3) is 0.667. The molecule has 0 spiro atoms. The van der Waals surface area contributed by atoms with Gasteiger partial charge in [0, 0.05) is 10.1 Å². The van der Waals surface area contributed by atoms with E-state index >= 15 is 0 Å². The van der Waals surface area contributed by atoms with Crippen molar-refractivity contribution in [3.63, 3.8) is 0 Å². The molecule has 74 valence electrons. The maximum Gasteiger partial charge on any atom is 0.0795 e. The highest BCUT2D eigenvalue weighted by Crippen LogP contribution is 2.24. The Labute approximate surface area is 88.3 Å². The van der Waals surface area contributed by atoms with E-state index in [0.717, 1.165) is 5.69 Å². The summed E-state index contributed by atoms with van der Waals surface area (Å²) in [5.74, 6) is 0. The molecule has 1 N–H and O–H groups in total. The van der Waals surface area contributed by atoms with Crippen molar-refractivity contribution in [2.24, 2.45) is 0 Å². The minimum atomic E-state index is 0.254. The Bertz CT molecular complexity index is 239. The van der Waals surface area contributed by atoms with E-state index < -0.39 is 0 Å². The molecular formula is C9H16N2S2. The van der Waals surface area contributed by atoms with E-state index in [1.807, 2.05) is 5.51 Å². The average molecular weight is 216 g/mol. The summed E-state index contributed by atoms with van der Waals surface area (Å²) in [6.45, 7) is 8.71. The van der Waals surface area contributed by atoms with E-state index in [1.54, 1.807) is 23.3 Å². The first-order valence-corrected chi connectivity index (χ1v) is 6.06. The molecule has 13 heavy (non-hydrogen) atoms. The van der Waals surface area contributed by atoms with Gasteiger partial charge in [-0.1, -0.05) is 11.9 Å². The minimum Gasteiger partial charge on any atom is -0.255 e. The van der Waals surface area contributed by atoms with Crippen molar-refractivity contribution in [3.8, 4) is 0 Å². The topological polar surface area (TPSA) is 24.9 Å². The van der Waals surface area contributed by atoms with E-state index in [-0.39, 0.29) is 4.75 Å². The minimum absolute atomic E-state index is 0.254. The molecule has 0 bridgehead atoms. The summed E-state index contributed by atoms with van der Waals surface area (Å²) in [5.41, 5.74) is 3.00. The van der Waals surface area contributed by atoms with Gasteiger partial charge in [-0.05, 0) is 27.7 Å². The number of nitrogens with one attached hydrogen (secondary N) is 1. The Balaban J connectivity index is 2.39. The van der Waals surface area contributed by atoms with Crippen LogP contribution in [0.5, 0.6) is 0 Å². The molecule has 1 atom stereocenters. The third-order valence-corrected chi connectivity index (χ3v) is 3.13. The van der Waals surface area contributed by atoms with Crippen molar-refractivity contribution in [1.29, 1.82) is 0 Å². The fourth-order valence-electron chi connectivity index (χ4n) is 0.761. The number of hydrogen-bond donors (Lipinski definition) is 1. The lowest BCUT2D eigenvalue weighted by Crippen LogP contribution is -2.19. The summed E-state index contributed by atoms with van der Waals surface area (Å²) in [5, 5.41) is 2.08. The van der Waals surface area contributed by atoms with Gasteiger partial charge in [-0.3, -0.25) is 4.72 Å². The second-order valence-electron chi connectivity index (χ2n) is 3.97. The molecule has 2 nitrogen and oxygen atoms in total. The monoisotopic (exact) mass is 216 g/mol. The predicted octanol–water partition coefficient (Wildman–Crippen LogP) is 3.24. The SMILES string of the molecule is CC(NSC(C)(C)C)c1cscn1. The zero-order valence-corrected chi connectivity index (χ0v) is 10.1. The predicted molar refractivity (Wildman–Crippen MR) is 61.0 cm³/mol. The molecule has 0 amide bonds. The zero-order valence-electron chi connectivity index (χ0n) is 8.50. The Kier molecular flexibility index (Phi) is 3.76. The van der Waals surface area contributed by atoms with Gasteiger partial charge in [0.05, 0.1) is 17.2 Å². The number of thiazole rings is 1. The molecule has 0 saturated heterocycles. The fourth-order valence-corrected chi connectivity index (χ4v) is 2.06. The molecule has 0 aromatic carbocycles. The summed E-state index contributed by atoms with van der Waals surface area (Å²) in [4.78, 5) is 4.26. The van der Waals surface area contributed by atoms with Crippen LogP contribution in [0.15, 0.2) is 10.9 Å². The van der Waals surface area contributed by atoms with Crippen LogP contribution >= 0.6 is 23.3 Å². The van der Waals surface area contributed by atoms with Crippen molar-refractivity contribution in [3.05, 3.63) is 16.6 Å². The molecule has 1 rings (SSSR count). The summed E-state index contributed by atoms with van der Waals surface area (Å²) >= 11 is 3.40. The van der Waals surface area contributed by atoms with E-state index in [2.05, 4.69) is 42.8 Å². The van der Waals surface area contributed by atoms with Crippen molar-refractivity contribution in [2.75, 3.05) is 0 Å². The Morgan fingerprint density at radius 3 is 2.69 bits per heavy atom. The van der Waals surface area contributed by atoms with Crippen molar-refractivity contribution in [1.82, 2.24) is 9.71 Å². The van der Waals surface area contributed by atoms with Crippen molar-refractivity contribution >= 4 is 23.3 Å². The lowest BCUT2D eigenvalue weighted by Gasteiger charge is -2.20. The lowest BCUT2D eigenvalue weighted by molar-refractivity contribution is 0.708. The quantitative estimate of drug-likeness (QED) is 0.785. The Hall–Kier alpha value is -0.0600. The maximum atomic E-state index is 4.26. The molecule has 0 aliphatic carbocycles. The summed E-state index contributed by atoms with van der Waals surface area (Å²) in [7, 11) is 0. The summed E-state index contributed by atoms with van der Waals surface area (Å²) in [6, 6.07) is 0.329. The highest BCUT2D eigenvalue weighted by atomic mass is 32.2. The summed E-state index contributed by atoms with van der Waals surface area (Å²) in [6.07, 6.45) is 0. The van der Waals surface area contributed by atoms with Crippen LogP contribution in [0.2, 0.25) is 0 Å². The first-order chi connectivity index (χ1) is 5.99. The molecule has 1 aromatic heterocycles. The first kappa shape index (κ1) is 11.0. The number of nitrogens with zero attached hydrogens (tertiary/aromatic N) is 1. The van der Waals surface area contributed by atoms with Gasteiger partial charge >= 0.3 is 0 Å². The van der Waals surface area contributed by atoms with Crippen LogP contribution in [0.4, 0.5) is 0 Å². The van der Waals surface area contributed by atoms with E-state index in [4.69, 9.17) is 0 Å². The zero-order chi connectivity index (χ0) is 9.90. The van der Waals surface area contributed by atoms with Crippen LogP contribution in [0.25, 0.3) is 0 Å². The molecule has 1 heterocycles. The number of hydrogen-bond acceptors (Lipinski definition) is 4. The molecule has 0 aliphatic rings. The third-order valence-electron chi connectivity index (χ3n) is 1.44. The van der Waals surface area contributed by atoms with Crippen LogP contribution in [0.1, 0.15) is 39.4 Å². The molecule has 0 radical (unpaired) electrons. The van der Waals surface area contributed by atoms with Crippen LogP contribution in [-0.2, 0) is 0 Å². The van der Waals surface area contributed by atoms with Crippen molar-refractivity contribution < 1.29 is 0 Å². The average Bonchev–Trinajstić information content (AvgIpc) is 2.50. The van der Waals surface area contributed by atoms with Gasteiger partial charge in [0.2, 0.25) is 0 Å². The van der Waals surface area contributed by atoms with Gasteiger partial charge in [-0.2, -0.15) is 0 Å². The molecule has 4 heteroatoms. The van der Waals surface area contributed by atoms with Crippen LogP contribution < -0.4 is 4.72 Å². The van der Waals surface area contributed by atoms with Crippen LogP contribution in [0.3, 0.4) is 0 Å². The largest absolute Gasteiger partial charge is 0.255 e. The highest BCUT2D eigenvalue weighted by molar-refractivity contribution is 7.98. The van der Waals surface area contributed by atoms with E-state index in [0.29, 0.717) is 6.04 Å². The van der Waals surface area contributed by atoms with Gasteiger partial charge in [-0.25, -0.2) is 4.98 Å². The van der Waals surface area contributed by atoms with Gasteiger partial charge in [0.1, 0.15) is 0 Å². The second kappa shape index (κ2) is 4.44. The Morgan fingerprint density at radius 2 is 2.23 bits per heavy atom. The molecule has 0 aliphatic heterocycles. The number of aromatic nitrogens is 1. The highest BCUT2D eigenvalue weighted by Gasteiger charge is 2.14. The standard InChI is InChI=1S/C9H16N2S2/c1-7(8-5-12-6-10-8)11-13-9(2,3)4/h5-7,11H,1-4H3. The van der Waals surface area contributed by atoms with Gasteiger partial charge in [0.15, 0.2) is 0 Å². The van der Waals surface area contributed by atoms with Crippen LogP contribution in [0, 0.1) is 0 Å². The molecular weight excluding hydrogens is 200 g/mol. The lowest BCUT2D eigenvalue weighted by atomic mass is 10.3. The molecule has 1 aromatic rings.